The molecule has 0 aliphatic carbocycles. The molecule has 0 aromatic rings. The lowest BCUT2D eigenvalue weighted by molar-refractivity contribution is -0.0358. The zero-order chi connectivity index (χ0) is 8.36. The first-order valence-electron chi connectivity index (χ1n) is 3.45. The minimum absolute atomic E-state index is 0.230. The quantitative estimate of drug-likeness (QED) is 0.481. The van der Waals surface area contributed by atoms with Gasteiger partial charge >= 0.3 is 0 Å². The summed E-state index contributed by atoms with van der Waals surface area (Å²) >= 11 is 0. The second-order valence-electron chi connectivity index (χ2n) is 3.11. The molecule has 2 heteroatoms. The molecule has 2 nitrogen and oxygen atoms in total. The first kappa shape index (κ1) is 9.66. The molecule has 0 heterocycles. The fourth-order valence-corrected chi connectivity index (χ4v) is 0.565. The van der Waals surface area contributed by atoms with Crippen molar-refractivity contribution in [3.05, 3.63) is 12.2 Å². The van der Waals surface area contributed by atoms with E-state index in [1.165, 1.54) is 0 Å². The van der Waals surface area contributed by atoms with E-state index in [9.17, 15) is 0 Å². The maximum atomic E-state index is 5.45. The van der Waals surface area contributed by atoms with Crippen molar-refractivity contribution < 1.29 is 4.74 Å². The van der Waals surface area contributed by atoms with E-state index >= 15 is 0 Å². The van der Waals surface area contributed by atoms with Gasteiger partial charge in [-0.15, -0.1) is 0 Å². The van der Waals surface area contributed by atoms with Crippen molar-refractivity contribution in [2.45, 2.75) is 39.5 Å². The van der Waals surface area contributed by atoms with Gasteiger partial charge in [0.25, 0.3) is 0 Å². The Morgan fingerprint density at radius 3 is 2.10 bits per heavy atom. The molecule has 1 atom stereocenters. The summed E-state index contributed by atoms with van der Waals surface area (Å²) < 4.78 is 5.38. The summed E-state index contributed by atoms with van der Waals surface area (Å²) in [6.45, 7) is 11.5. The van der Waals surface area contributed by atoms with Gasteiger partial charge in [-0.3, -0.25) is 0 Å². The lowest BCUT2D eigenvalue weighted by Gasteiger charge is -2.27. The summed E-state index contributed by atoms with van der Waals surface area (Å²) in [4.78, 5) is 0. The molecule has 0 spiro atoms. The van der Waals surface area contributed by atoms with Gasteiger partial charge in [-0.2, -0.15) is 0 Å². The third-order valence-electron chi connectivity index (χ3n) is 1.51. The summed E-state index contributed by atoms with van der Waals surface area (Å²) in [5.41, 5.74) is 6.15. The molecule has 0 saturated carbocycles. The molecule has 0 aliphatic heterocycles. The Morgan fingerprint density at radius 1 is 1.60 bits per heavy atom. The molecule has 0 bridgehead atoms. The molecular weight excluding hydrogens is 126 g/mol. The van der Waals surface area contributed by atoms with Crippen LogP contribution in [0, 0.1) is 0 Å². The first-order valence-corrected chi connectivity index (χ1v) is 3.45. The normalized spacial score (nSPS) is 14.9. The lowest BCUT2D eigenvalue weighted by atomic mass is 10.0. The molecule has 0 aliphatic rings. The van der Waals surface area contributed by atoms with Crippen LogP contribution in [0.5, 0.6) is 0 Å². The third kappa shape index (κ3) is 2.99. The molecule has 0 rings (SSSR count). The molecule has 60 valence electrons. The Bertz CT molecular complexity index is 127. The first-order chi connectivity index (χ1) is 4.36. The van der Waals surface area contributed by atoms with Crippen molar-refractivity contribution >= 4 is 0 Å². The molecule has 0 radical (unpaired) electrons. The van der Waals surface area contributed by atoms with Crippen LogP contribution in [0.4, 0.5) is 0 Å². The van der Waals surface area contributed by atoms with Gasteiger partial charge in [0.1, 0.15) is 6.23 Å². The zero-order valence-corrected chi connectivity index (χ0v) is 7.27. The molecule has 0 aromatic heterocycles. The van der Waals surface area contributed by atoms with Gasteiger partial charge in [-0.1, -0.05) is 6.58 Å². The van der Waals surface area contributed by atoms with Crippen molar-refractivity contribution in [3.8, 4) is 0 Å². The summed E-state index contributed by atoms with van der Waals surface area (Å²) in [6, 6.07) is 0. The maximum absolute atomic E-state index is 5.45. The van der Waals surface area contributed by atoms with E-state index < -0.39 is 0 Å². The van der Waals surface area contributed by atoms with Crippen LogP contribution in [0.1, 0.15) is 27.7 Å². The largest absolute Gasteiger partial charge is 0.354 e. The summed E-state index contributed by atoms with van der Waals surface area (Å²) in [6.07, 6.45) is -0.230. The number of hydrogen-bond acceptors (Lipinski definition) is 2. The van der Waals surface area contributed by atoms with Gasteiger partial charge < -0.3 is 10.5 Å². The van der Waals surface area contributed by atoms with Crippen LogP contribution in [-0.2, 0) is 4.74 Å². The van der Waals surface area contributed by atoms with Gasteiger partial charge in [0, 0.05) is 0 Å². The van der Waals surface area contributed by atoms with Crippen LogP contribution in [-0.4, -0.2) is 11.8 Å². The van der Waals surface area contributed by atoms with Gasteiger partial charge in [0.15, 0.2) is 0 Å². The van der Waals surface area contributed by atoms with Gasteiger partial charge in [0.05, 0.1) is 5.60 Å². The second-order valence-corrected chi connectivity index (χ2v) is 3.11. The van der Waals surface area contributed by atoms with Crippen molar-refractivity contribution in [1.82, 2.24) is 0 Å². The Hall–Kier alpha value is -0.340. The van der Waals surface area contributed by atoms with E-state index in [0.717, 1.165) is 5.57 Å². The number of nitrogens with two attached hydrogens (primary N) is 1. The van der Waals surface area contributed by atoms with E-state index in [2.05, 4.69) is 6.58 Å². The van der Waals surface area contributed by atoms with Crippen LogP contribution in [0.15, 0.2) is 12.2 Å². The maximum Gasteiger partial charge on any atom is 0.103 e. The van der Waals surface area contributed by atoms with Crippen molar-refractivity contribution in [3.63, 3.8) is 0 Å². The van der Waals surface area contributed by atoms with E-state index in [1.54, 1.807) is 0 Å². The highest BCUT2D eigenvalue weighted by atomic mass is 16.5. The molecule has 0 saturated heterocycles. The summed E-state index contributed by atoms with van der Waals surface area (Å²) in [5.74, 6) is 0. The van der Waals surface area contributed by atoms with Crippen LogP contribution in [0.25, 0.3) is 0 Å². The second kappa shape index (κ2) is 3.17. The van der Waals surface area contributed by atoms with Crippen molar-refractivity contribution in [2.24, 2.45) is 5.73 Å². The van der Waals surface area contributed by atoms with E-state index in [0.29, 0.717) is 0 Å². The van der Waals surface area contributed by atoms with Gasteiger partial charge in [-0.25, -0.2) is 0 Å². The zero-order valence-electron chi connectivity index (χ0n) is 7.27. The Labute approximate surface area is 63.1 Å². The van der Waals surface area contributed by atoms with Gasteiger partial charge in [0.2, 0.25) is 0 Å². The molecule has 0 amide bonds. The standard InChI is InChI=1S/C8H17NO/c1-6(2)8(4,5)10-7(3)9/h7H,1,9H2,2-5H3. The highest BCUT2D eigenvalue weighted by Crippen LogP contribution is 2.18. The Kier molecular flexibility index (Phi) is 3.06. The fourth-order valence-electron chi connectivity index (χ4n) is 0.565. The molecule has 0 fully saturated rings. The summed E-state index contributed by atoms with van der Waals surface area (Å²) in [7, 11) is 0. The number of rotatable bonds is 3. The topological polar surface area (TPSA) is 35.2 Å². The van der Waals surface area contributed by atoms with E-state index in [-0.39, 0.29) is 11.8 Å². The molecular formula is C8H17NO. The smallest absolute Gasteiger partial charge is 0.103 e. The van der Waals surface area contributed by atoms with Crippen LogP contribution >= 0.6 is 0 Å². The molecule has 0 aromatic carbocycles. The highest BCUT2D eigenvalue weighted by molar-refractivity contribution is 5.05. The average Bonchev–Trinajstić information content (AvgIpc) is 1.60. The van der Waals surface area contributed by atoms with E-state index in [1.807, 2.05) is 27.7 Å². The number of ether oxygens (including phenoxy) is 1. The summed E-state index contributed by atoms with van der Waals surface area (Å²) in [5, 5.41) is 0. The minimum Gasteiger partial charge on any atom is -0.354 e. The number of hydrogen-bond donors (Lipinski definition) is 1. The van der Waals surface area contributed by atoms with E-state index in [4.69, 9.17) is 10.5 Å². The Balaban J connectivity index is 4.00. The van der Waals surface area contributed by atoms with Crippen molar-refractivity contribution in [1.29, 1.82) is 0 Å². The monoisotopic (exact) mass is 143 g/mol. The predicted molar refractivity (Wildman–Crippen MR) is 43.6 cm³/mol. The minimum atomic E-state index is -0.297. The predicted octanol–water partition coefficient (Wildman–Crippen LogP) is 1.66. The fraction of sp³-hybridized carbons (Fsp3) is 0.750. The highest BCUT2D eigenvalue weighted by Gasteiger charge is 2.20. The van der Waals surface area contributed by atoms with Gasteiger partial charge in [-0.05, 0) is 33.3 Å². The lowest BCUT2D eigenvalue weighted by Crippen LogP contribution is -2.34. The SMILES string of the molecule is C=C(C)C(C)(C)OC(C)N. The molecule has 2 N–H and O–H groups in total. The van der Waals surface area contributed by atoms with Crippen molar-refractivity contribution in [2.75, 3.05) is 0 Å². The third-order valence-corrected chi connectivity index (χ3v) is 1.51. The van der Waals surface area contributed by atoms with Crippen LogP contribution < -0.4 is 5.73 Å². The molecule has 1 unspecified atom stereocenters. The average molecular weight is 143 g/mol. The van der Waals surface area contributed by atoms with Crippen LogP contribution in [0.2, 0.25) is 0 Å². The molecule has 10 heavy (non-hydrogen) atoms. The Morgan fingerprint density at radius 2 is 2.00 bits per heavy atom. The van der Waals surface area contributed by atoms with Crippen LogP contribution in [0.3, 0.4) is 0 Å².